The number of allylic oxidation sites excluding steroid dienone is 9. The number of ketones is 1. The molecule has 0 aliphatic heterocycles. The Balaban J connectivity index is 3.31. The number of aromatic nitrogens is 1. The van der Waals surface area contributed by atoms with Gasteiger partial charge in [0.2, 0.25) is 5.78 Å². The van der Waals surface area contributed by atoms with Gasteiger partial charge in [-0.15, -0.1) is 0 Å². The molecule has 0 N–H and O–H groups in total. The van der Waals surface area contributed by atoms with E-state index in [1.54, 1.807) is 31.2 Å². The Morgan fingerprint density at radius 1 is 1.29 bits per heavy atom. The Hall–Kier alpha value is -2.39. The third-order valence-corrected chi connectivity index (χ3v) is 4.43. The smallest absolute Gasteiger partial charge is 0.264 e. The van der Waals surface area contributed by atoms with Crippen LogP contribution >= 0.6 is 9.24 Å². The van der Waals surface area contributed by atoms with Gasteiger partial charge in [0.05, 0.1) is 13.4 Å². The highest BCUT2D eigenvalue weighted by atomic mass is 31.0. The van der Waals surface area contributed by atoms with Crippen LogP contribution in [0.5, 0.6) is 0 Å². The van der Waals surface area contributed by atoms with Crippen LogP contribution in [0, 0.1) is 5.92 Å². The highest BCUT2D eigenvalue weighted by molar-refractivity contribution is 7.18. The maximum absolute atomic E-state index is 13.4. The van der Waals surface area contributed by atoms with E-state index in [1.807, 2.05) is 25.2 Å². The summed E-state index contributed by atoms with van der Waals surface area (Å²) in [4.78, 5) is 17.2. The second-order valence-corrected chi connectivity index (χ2v) is 6.76. The molecule has 0 fully saturated rings. The van der Waals surface area contributed by atoms with E-state index < -0.39 is 11.6 Å². The third kappa shape index (κ3) is 6.97. The molecule has 28 heavy (non-hydrogen) atoms. The van der Waals surface area contributed by atoms with Gasteiger partial charge in [-0.3, -0.25) is 9.78 Å². The summed E-state index contributed by atoms with van der Waals surface area (Å²) in [6.45, 7) is 4.97. The fourth-order valence-electron chi connectivity index (χ4n) is 2.23. The number of hydrogen-bond acceptors (Lipinski definition) is 3. The molecule has 0 aliphatic rings. The summed E-state index contributed by atoms with van der Waals surface area (Å²) in [6, 6.07) is 3.49. The van der Waals surface area contributed by atoms with E-state index >= 15 is 0 Å². The molecule has 0 bridgehead atoms. The van der Waals surface area contributed by atoms with Gasteiger partial charge in [-0.25, -0.2) is 8.78 Å². The average molecular weight is 405 g/mol. The number of hydrogen-bond donors (Lipinski definition) is 0. The maximum atomic E-state index is 13.4. The largest absolute Gasteiger partial charge is 0.504 e. The van der Waals surface area contributed by atoms with Crippen LogP contribution in [0.15, 0.2) is 72.7 Å². The lowest BCUT2D eigenvalue weighted by molar-refractivity contribution is 0.0655. The molecule has 0 aromatic carbocycles. The van der Waals surface area contributed by atoms with Crippen LogP contribution in [0.3, 0.4) is 0 Å². The molecule has 6 heteroatoms. The fourth-order valence-corrected chi connectivity index (χ4v) is 2.34. The molecule has 1 rings (SSSR count). The lowest BCUT2D eigenvalue weighted by Crippen LogP contribution is -2.15. The first-order valence-electron chi connectivity index (χ1n) is 8.79. The molecule has 1 aromatic heterocycles. The summed E-state index contributed by atoms with van der Waals surface area (Å²) in [7, 11) is 3.04. The van der Waals surface area contributed by atoms with Gasteiger partial charge < -0.3 is 4.74 Å². The van der Waals surface area contributed by atoms with Crippen molar-refractivity contribution in [2.45, 2.75) is 26.4 Å². The van der Waals surface area contributed by atoms with Crippen LogP contribution in [0.4, 0.5) is 8.78 Å². The summed E-state index contributed by atoms with van der Waals surface area (Å²) in [5, 5.41) is 0. The summed E-state index contributed by atoms with van der Waals surface area (Å²) >= 11 is 0. The summed E-state index contributed by atoms with van der Waals surface area (Å²) < 4.78 is 31.9. The molecular formula is C22H26F2NO2P. The van der Waals surface area contributed by atoms with Crippen molar-refractivity contribution in [2.75, 3.05) is 7.11 Å². The second-order valence-electron chi connectivity index (χ2n) is 5.99. The maximum Gasteiger partial charge on any atom is 0.264 e. The van der Waals surface area contributed by atoms with Crippen LogP contribution < -0.4 is 0 Å². The molecule has 0 amide bonds. The van der Waals surface area contributed by atoms with Crippen LogP contribution in [-0.2, 0) is 4.74 Å². The first-order chi connectivity index (χ1) is 13.3. The average Bonchev–Trinajstić information content (AvgIpc) is 2.66. The SMILES string of the molecule is C\C=C/C=C\C(=C\OC)c1cccnc1C(=O)C(/C=C\C(C)C(F)(F)P)=C/C. The van der Waals surface area contributed by atoms with Gasteiger partial charge in [-0.2, -0.15) is 0 Å². The normalized spacial score (nSPS) is 15.0. The Kier molecular flexibility index (Phi) is 9.67. The van der Waals surface area contributed by atoms with Gasteiger partial charge in [-0.1, -0.05) is 64.8 Å². The van der Waals surface area contributed by atoms with E-state index in [-0.39, 0.29) is 17.1 Å². The zero-order valence-electron chi connectivity index (χ0n) is 16.5. The molecule has 0 aliphatic carbocycles. The lowest BCUT2D eigenvalue weighted by Gasteiger charge is -2.15. The number of halogens is 2. The highest BCUT2D eigenvalue weighted by Crippen LogP contribution is 2.32. The zero-order chi connectivity index (χ0) is 21.2. The van der Waals surface area contributed by atoms with Gasteiger partial charge in [0, 0.05) is 28.8 Å². The Morgan fingerprint density at radius 2 is 2.00 bits per heavy atom. The summed E-state index contributed by atoms with van der Waals surface area (Å²) in [6.07, 6.45) is 14.7. The molecule has 3 nitrogen and oxygen atoms in total. The quantitative estimate of drug-likeness (QED) is 0.167. The van der Waals surface area contributed by atoms with Gasteiger partial charge >= 0.3 is 0 Å². The Labute approximate surface area is 167 Å². The van der Waals surface area contributed by atoms with Crippen molar-refractivity contribution < 1.29 is 18.3 Å². The molecule has 0 radical (unpaired) electrons. The molecule has 1 heterocycles. The van der Waals surface area contributed by atoms with Crippen molar-refractivity contribution in [1.82, 2.24) is 4.98 Å². The number of Topliss-reactive ketones (excluding diaryl/α,β-unsaturated/α-hetero) is 1. The number of carbonyl (C=O) groups excluding carboxylic acids is 1. The van der Waals surface area contributed by atoms with Crippen LogP contribution in [-0.4, -0.2) is 23.5 Å². The Morgan fingerprint density at radius 3 is 2.57 bits per heavy atom. The van der Waals surface area contributed by atoms with Crippen molar-refractivity contribution >= 4 is 20.6 Å². The van der Waals surface area contributed by atoms with Crippen LogP contribution in [0.1, 0.15) is 36.8 Å². The van der Waals surface area contributed by atoms with E-state index in [9.17, 15) is 13.6 Å². The molecule has 2 unspecified atom stereocenters. The standard InChI is InChI=1S/C22H26F2NO2P/c1-5-7-8-10-18(15-27-4)19-11-9-14-25-20(19)21(26)17(6-2)13-12-16(3)22(23,24)28/h5-16H,28H2,1-4H3/b7-5-,10-8-,13-12-,17-6+,18-15-. The number of ether oxygens (including phenoxy) is 1. The van der Waals surface area contributed by atoms with Crippen molar-refractivity contribution in [2.24, 2.45) is 5.92 Å². The minimum atomic E-state index is -2.94. The first kappa shape index (κ1) is 23.6. The van der Waals surface area contributed by atoms with Crippen molar-refractivity contribution in [3.63, 3.8) is 0 Å². The predicted octanol–water partition coefficient (Wildman–Crippen LogP) is 5.99. The van der Waals surface area contributed by atoms with Crippen LogP contribution in [0.2, 0.25) is 0 Å². The van der Waals surface area contributed by atoms with E-state index in [1.165, 1.54) is 47.9 Å². The van der Waals surface area contributed by atoms with Crippen LogP contribution in [0.25, 0.3) is 5.57 Å². The summed E-state index contributed by atoms with van der Waals surface area (Å²) in [5.41, 5.74) is -1.18. The topological polar surface area (TPSA) is 39.2 Å². The van der Waals surface area contributed by atoms with Gasteiger partial charge in [0.1, 0.15) is 5.69 Å². The summed E-state index contributed by atoms with van der Waals surface area (Å²) in [5.74, 6) is -1.38. The third-order valence-electron chi connectivity index (χ3n) is 3.90. The number of carbonyl (C=O) groups is 1. The number of nitrogens with zero attached hydrogens (tertiary/aromatic N) is 1. The van der Waals surface area contributed by atoms with E-state index in [2.05, 4.69) is 4.98 Å². The van der Waals surface area contributed by atoms with Crippen molar-refractivity contribution in [3.8, 4) is 0 Å². The fraction of sp³-hybridized carbons (Fsp3) is 0.273. The molecule has 0 spiro atoms. The van der Waals surface area contributed by atoms with Gasteiger partial charge in [0.25, 0.3) is 5.66 Å². The molecule has 1 aromatic rings. The minimum absolute atomic E-state index is 0.221. The second kappa shape index (κ2) is 11.5. The lowest BCUT2D eigenvalue weighted by atomic mass is 9.97. The number of pyridine rings is 1. The first-order valence-corrected chi connectivity index (χ1v) is 9.37. The molecule has 150 valence electrons. The van der Waals surface area contributed by atoms with E-state index in [4.69, 9.17) is 4.74 Å². The minimum Gasteiger partial charge on any atom is -0.504 e. The van der Waals surface area contributed by atoms with Crippen molar-refractivity contribution in [1.29, 1.82) is 0 Å². The molecule has 2 atom stereocenters. The number of methoxy groups -OCH3 is 1. The van der Waals surface area contributed by atoms with Gasteiger partial charge in [-0.05, 0) is 19.9 Å². The number of rotatable bonds is 9. The highest BCUT2D eigenvalue weighted by Gasteiger charge is 2.28. The van der Waals surface area contributed by atoms with Gasteiger partial charge in [0.15, 0.2) is 0 Å². The Bertz CT molecular complexity index is 818. The van der Waals surface area contributed by atoms with Crippen molar-refractivity contribution in [3.05, 3.63) is 84.0 Å². The predicted molar refractivity (Wildman–Crippen MR) is 114 cm³/mol. The molecule has 0 saturated carbocycles. The molecular weight excluding hydrogens is 379 g/mol. The zero-order valence-corrected chi connectivity index (χ0v) is 17.7. The number of alkyl halides is 2. The van der Waals surface area contributed by atoms with E-state index in [0.717, 1.165) is 0 Å². The monoisotopic (exact) mass is 405 g/mol. The molecule has 0 saturated heterocycles. The van der Waals surface area contributed by atoms with E-state index in [0.29, 0.717) is 11.1 Å².